The molecule has 1 saturated heterocycles. The molecule has 3 atom stereocenters. The molecule has 3 aromatic rings. The van der Waals surface area contributed by atoms with E-state index in [1.165, 1.54) is 11.3 Å². The van der Waals surface area contributed by atoms with Crippen LogP contribution in [0.15, 0.2) is 60.7 Å². The topological polar surface area (TPSA) is 117 Å². The third kappa shape index (κ3) is 4.65. The van der Waals surface area contributed by atoms with E-state index in [0.717, 1.165) is 11.1 Å². The quantitative estimate of drug-likeness (QED) is 0.482. The van der Waals surface area contributed by atoms with Crippen LogP contribution < -0.4 is 10.6 Å². The highest BCUT2D eigenvalue weighted by molar-refractivity contribution is 7.15. The highest BCUT2D eigenvalue weighted by Crippen LogP contribution is 2.35. The second kappa shape index (κ2) is 9.31. The molecule has 4 N–H and O–H groups in total. The number of aromatic nitrogens is 2. The molecule has 1 aliphatic heterocycles. The summed E-state index contributed by atoms with van der Waals surface area (Å²) in [6.07, 6.45) is -1.50. The lowest BCUT2D eigenvalue weighted by atomic mass is 9.99. The molecule has 2 amide bonds. The third-order valence-electron chi connectivity index (χ3n) is 4.88. The summed E-state index contributed by atoms with van der Waals surface area (Å²) in [7, 11) is 0. The highest BCUT2D eigenvalue weighted by Gasteiger charge is 2.36. The molecule has 0 unspecified atom stereocenters. The molecule has 156 valence electrons. The molecule has 1 aromatic heterocycles. The van der Waals surface area contributed by atoms with E-state index in [9.17, 15) is 15.0 Å². The molecule has 2 heterocycles. The van der Waals surface area contributed by atoms with Gasteiger partial charge in [-0.2, -0.15) is 0 Å². The molecular formula is C21H22N4O4S. The Bertz CT molecular complexity index is 930. The zero-order valence-corrected chi connectivity index (χ0v) is 16.8. The Labute approximate surface area is 177 Å². The number of carbonyl (C=O) groups is 1. The van der Waals surface area contributed by atoms with Gasteiger partial charge in [-0.25, -0.2) is 4.79 Å². The van der Waals surface area contributed by atoms with E-state index in [-0.39, 0.29) is 12.6 Å². The number of anilines is 1. The molecule has 0 aliphatic carbocycles. The lowest BCUT2D eigenvalue weighted by Crippen LogP contribution is -2.33. The number of nitrogens with one attached hydrogen (secondary N) is 2. The number of hydrogen-bond acceptors (Lipinski definition) is 7. The predicted octanol–water partition coefficient (Wildman–Crippen LogP) is 2.63. The molecule has 4 rings (SSSR count). The minimum Gasteiger partial charge on any atom is -0.394 e. The first-order valence-corrected chi connectivity index (χ1v) is 10.4. The van der Waals surface area contributed by atoms with E-state index in [4.69, 9.17) is 4.74 Å². The first-order valence-electron chi connectivity index (χ1n) is 9.59. The Balaban J connectivity index is 1.44. The van der Waals surface area contributed by atoms with Crippen molar-refractivity contribution in [3.05, 3.63) is 76.8 Å². The number of urea groups is 1. The van der Waals surface area contributed by atoms with Gasteiger partial charge in [-0.15, -0.1) is 10.2 Å². The minimum absolute atomic E-state index is 0.260. The van der Waals surface area contributed by atoms with E-state index < -0.39 is 24.3 Å². The summed E-state index contributed by atoms with van der Waals surface area (Å²) in [5, 5.41) is 33.7. The zero-order chi connectivity index (χ0) is 20.9. The first-order chi connectivity index (χ1) is 14.6. The van der Waals surface area contributed by atoms with Gasteiger partial charge in [0.1, 0.15) is 17.2 Å². The molecule has 1 fully saturated rings. The SMILES string of the molecule is O=C(Nc1nnc([C@@H]2C[C@H](O)[C@@H](CO)O2)s1)NC(c1ccccc1)c1ccccc1. The Morgan fingerprint density at radius 2 is 1.73 bits per heavy atom. The molecule has 1 aliphatic rings. The van der Waals surface area contributed by atoms with Gasteiger partial charge >= 0.3 is 6.03 Å². The molecule has 0 spiro atoms. The lowest BCUT2D eigenvalue weighted by Gasteiger charge is -2.19. The number of nitrogens with zero attached hydrogens (tertiary/aromatic N) is 2. The maximum absolute atomic E-state index is 12.7. The molecule has 0 bridgehead atoms. The lowest BCUT2D eigenvalue weighted by molar-refractivity contribution is -0.0227. The smallest absolute Gasteiger partial charge is 0.321 e. The number of ether oxygens (including phenoxy) is 1. The van der Waals surface area contributed by atoms with Crippen molar-refractivity contribution in [2.24, 2.45) is 0 Å². The first kappa shape index (κ1) is 20.4. The van der Waals surface area contributed by atoms with Crippen LogP contribution in [0.2, 0.25) is 0 Å². The van der Waals surface area contributed by atoms with Crippen LogP contribution in [0.3, 0.4) is 0 Å². The van der Waals surface area contributed by atoms with Crippen LogP contribution in [-0.2, 0) is 4.74 Å². The molecule has 0 radical (unpaired) electrons. The second-order valence-electron chi connectivity index (χ2n) is 6.95. The van der Waals surface area contributed by atoms with Gasteiger partial charge in [0.15, 0.2) is 0 Å². The molecule has 30 heavy (non-hydrogen) atoms. The number of benzene rings is 2. The monoisotopic (exact) mass is 426 g/mol. The summed E-state index contributed by atoms with van der Waals surface area (Å²) < 4.78 is 5.59. The Morgan fingerprint density at radius 1 is 1.10 bits per heavy atom. The maximum Gasteiger partial charge on any atom is 0.321 e. The van der Waals surface area contributed by atoms with Crippen molar-refractivity contribution in [3.8, 4) is 0 Å². The number of carbonyl (C=O) groups excluding carboxylic acids is 1. The second-order valence-corrected chi connectivity index (χ2v) is 7.96. The standard InChI is InChI=1S/C21H22N4O4S/c26-12-17-15(27)11-16(29-17)19-24-25-21(30-19)23-20(28)22-18(13-7-3-1-4-8-13)14-9-5-2-6-10-14/h1-10,15-18,26-27H,11-12H2,(H2,22,23,25,28)/t15-,16-,17+/m0/s1. The van der Waals surface area contributed by atoms with Gasteiger partial charge in [-0.3, -0.25) is 5.32 Å². The average Bonchev–Trinajstić information content (AvgIpc) is 3.39. The summed E-state index contributed by atoms with van der Waals surface area (Å²) in [5.74, 6) is 0. The third-order valence-corrected chi connectivity index (χ3v) is 5.81. The van der Waals surface area contributed by atoms with Gasteiger partial charge in [0.2, 0.25) is 5.13 Å². The average molecular weight is 426 g/mol. The van der Waals surface area contributed by atoms with Crippen molar-refractivity contribution in [2.45, 2.75) is 30.8 Å². The van der Waals surface area contributed by atoms with Gasteiger partial charge in [-0.1, -0.05) is 72.0 Å². The number of hydrogen-bond donors (Lipinski definition) is 4. The highest BCUT2D eigenvalue weighted by atomic mass is 32.1. The number of amides is 2. The van der Waals surface area contributed by atoms with Crippen LogP contribution in [0.5, 0.6) is 0 Å². The van der Waals surface area contributed by atoms with E-state index in [1.807, 2.05) is 60.7 Å². The Morgan fingerprint density at radius 3 is 2.30 bits per heavy atom. The van der Waals surface area contributed by atoms with E-state index >= 15 is 0 Å². The Hall–Kier alpha value is -2.85. The normalized spacial score (nSPS) is 21.0. The summed E-state index contributed by atoms with van der Waals surface area (Å²) in [5.41, 5.74) is 1.92. The molecule has 9 heteroatoms. The molecule has 0 saturated carbocycles. The van der Waals surface area contributed by atoms with E-state index in [2.05, 4.69) is 20.8 Å². The van der Waals surface area contributed by atoms with Crippen molar-refractivity contribution in [1.82, 2.24) is 15.5 Å². The fraction of sp³-hybridized carbons (Fsp3) is 0.286. The molecule has 8 nitrogen and oxygen atoms in total. The fourth-order valence-corrected chi connectivity index (χ4v) is 4.17. The van der Waals surface area contributed by atoms with E-state index in [1.54, 1.807) is 0 Å². The summed E-state index contributed by atoms with van der Waals surface area (Å²) >= 11 is 1.18. The summed E-state index contributed by atoms with van der Waals surface area (Å²) in [6, 6.07) is 18.7. The van der Waals surface area contributed by atoms with Crippen molar-refractivity contribution < 1.29 is 19.7 Å². The van der Waals surface area contributed by atoms with Crippen LogP contribution in [0.4, 0.5) is 9.93 Å². The molecular weight excluding hydrogens is 404 g/mol. The number of aliphatic hydroxyl groups excluding tert-OH is 2. The summed E-state index contributed by atoms with van der Waals surface area (Å²) in [6.45, 7) is -0.260. The largest absolute Gasteiger partial charge is 0.394 e. The van der Waals surface area contributed by atoms with Crippen LogP contribution in [-0.4, -0.2) is 45.3 Å². The maximum atomic E-state index is 12.7. The zero-order valence-electron chi connectivity index (χ0n) is 16.0. The van der Waals surface area contributed by atoms with Gasteiger partial charge < -0.3 is 20.3 Å². The van der Waals surface area contributed by atoms with Gasteiger partial charge in [0, 0.05) is 6.42 Å². The number of rotatable bonds is 6. The van der Waals surface area contributed by atoms with Crippen molar-refractivity contribution in [2.75, 3.05) is 11.9 Å². The van der Waals surface area contributed by atoms with Crippen LogP contribution in [0, 0.1) is 0 Å². The van der Waals surface area contributed by atoms with Gasteiger partial charge in [-0.05, 0) is 11.1 Å². The fourth-order valence-electron chi connectivity index (χ4n) is 3.38. The Kier molecular flexibility index (Phi) is 6.34. The minimum atomic E-state index is -0.749. The van der Waals surface area contributed by atoms with Crippen LogP contribution in [0.25, 0.3) is 0 Å². The van der Waals surface area contributed by atoms with Crippen molar-refractivity contribution in [1.29, 1.82) is 0 Å². The van der Waals surface area contributed by atoms with E-state index in [0.29, 0.717) is 16.6 Å². The summed E-state index contributed by atoms with van der Waals surface area (Å²) in [4.78, 5) is 12.7. The van der Waals surface area contributed by atoms with Crippen LogP contribution >= 0.6 is 11.3 Å². The van der Waals surface area contributed by atoms with Crippen molar-refractivity contribution in [3.63, 3.8) is 0 Å². The van der Waals surface area contributed by atoms with Gasteiger partial charge in [0.05, 0.1) is 18.8 Å². The van der Waals surface area contributed by atoms with Crippen LogP contribution in [0.1, 0.15) is 34.7 Å². The van der Waals surface area contributed by atoms with Gasteiger partial charge in [0.25, 0.3) is 0 Å². The number of aliphatic hydroxyl groups is 2. The molecule has 2 aromatic carbocycles. The van der Waals surface area contributed by atoms with Crippen molar-refractivity contribution >= 4 is 22.5 Å². The predicted molar refractivity (Wildman–Crippen MR) is 112 cm³/mol.